The zero-order chi connectivity index (χ0) is 18.5. The highest BCUT2D eigenvalue weighted by molar-refractivity contribution is 6.00. The predicted octanol–water partition coefficient (Wildman–Crippen LogP) is 3.12. The van der Waals surface area contributed by atoms with E-state index in [0.717, 1.165) is 11.1 Å². The molecule has 4 aromatic rings. The Kier molecular flexibility index (Phi) is 4.65. The number of aromatic nitrogens is 4. The van der Waals surface area contributed by atoms with Crippen LogP contribution in [0, 0.1) is 0 Å². The highest BCUT2D eigenvalue weighted by Crippen LogP contribution is 2.23. The maximum Gasteiger partial charge on any atom is 0.267 e. The third-order valence-electron chi connectivity index (χ3n) is 3.91. The number of hydrogen-bond donors (Lipinski definition) is 1. The van der Waals surface area contributed by atoms with E-state index in [1.54, 1.807) is 18.5 Å². The highest BCUT2D eigenvalue weighted by Gasteiger charge is 2.14. The van der Waals surface area contributed by atoms with Crippen molar-refractivity contribution in [3.05, 3.63) is 84.6 Å². The molecule has 0 unspecified atom stereocenters. The normalized spacial score (nSPS) is 10.5. The Balaban J connectivity index is 1.49. The largest absolute Gasteiger partial charge is 0.417 e. The van der Waals surface area contributed by atoms with E-state index in [1.807, 2.05) is 48.5 Å². The summed E-state index contributed by atoms with van der Waals surface area (Å²) in [5.74, 6) is 0.340. The number of benzene rings is 2. The molecular weight excluding hydrogens is 342 g/mol. The van der Waals surface area contributed by atoms with Crippen molar-refractivity contribution < 1.29 is 9.21 Å². The van der Waals surface area contributed by atoms with Crippen molar-refractivity contribution in [2.75, 3.05) is 0 Å². The van der Waals surface area contributed by atoms with E-state index in [-0.39, 0.29) is 18.3 Å². The lowest BCUT2D eigenvalue weighted by Gasteiger charge is -2.09. The summed E-state index contributed by atoms with van der Waals surface area (Å²) in [5.41, 5.74) is 2.90. The van der Waals surface area contributed by atoms with Gasteiger partial charge < -0.3 is 9.73 Å². The average Bonchev–Trinajstić information content (AvgIpc) is 3.22. The van der Waals surface area contributed by atoms with Crippen molar-refractivity contribution in [2.24, 2.45) is 0 Å². The number of nitrogens with zero attached hydrogens (tertiary/aromatic N) is 4. The van der Waals surface area contributed by atoms with Gasteiger partial charge >= 0.3 is 0 Å². The lowest BCUT2D eigenvalue weighted by Crippen LogP contribution is -2.23. The van der Waals surface area contributed by atoms with Crippen molar-refractivity contribution in [1.29, 1.82) is 0 Å². The average molecular weight is 357 g/mol. The van der Waals surface area contributed by atoms with Gasteiger partial charge in [-0.05, 0) is 17.2 Å². The lowest BCUT2D eigenvalue weighted by molar-refractivity contribution is 0.0948. The Hall–Kier alpha value is -3.87. The molecule has 0 aliphatic carbocycles. The Bertz CT molecular complexity index is 1050. The van der Waals surface area contributed by atoms with E-state index in [0.29, 0.717) is 17.1 Å². The molecule has 1 amide bonds. The number of hydrogen-bond acceptors (Lipinski definition) is 6. The number of carbonyl (C=O) groups excluding carboxylic acids is 1. The van der Waals surface area contributed by atoms with Gasteiger partial charge in [0.05, 0.1) is 12.7 Å². The molecule has 2 aromatic heterocycles. The number of carbonyl (C=O) groups is 1. The standard InChI is InChI=1S/C20H15N5O2/c26-19(16-9-5-4-8-15(16)14-6-2-1-3-7-14)23-13-18-24-25-20(27-18)17-12-21-10-11-22-17/h1-12H,13H2,(H,23,26). The summed E-state index contributed by atoms with van der Waals surface area (Å²) in [5, 5.41) is 10.7. The molecule has 0 atom stereocenters. The number of rotatable bonds is 5. The molecule has 4 rings (SSSR count). The van der Waals surface area contributed by atoms with Crippen molar-refractivity contribution in [1.82, 2.24) is 25.5 Å². The predicted molar refractivity (Wildman–Crippen MR) is 98.4 cm³/mol. The van der Waals surface area contributed by atoms with E-state index in [1.165, 1.54) is 6.20 Å². The monoisotopic (exact) mass is 357 g/mol. The van der Waals surface area contributed by atoms with Crippen LogP contribution in [-0.2, 0) is 6.54 Å². The molecule has 1 N–H and O–H groups in total. The van der Waals surface area contributed by atoms with Gasteiger partial charge in [-0.2, -0.15) is 0 Å². The SMILES string of the molecule is O=C(NCc1nnc(-c2cnccn2)o1)c1ccccc1-c1ccccc1. The Morgan fingerprint density at radius 1 is 0.963 bits per heavy atom. The molecule has 0 saturated carbocycles. The molecule has 0 aliphatic heterocycles. The first-order valence-electron chi connectivity index (χ1n) is 8.32. The van der Waals surface area contributed by atoms with E-state index in [4.69, 9.17) is 4.42 Å². The van der Waals surface area contributed by atoms with Crippen LogP contribution >= 0.6 is 0 Å². The summed E-state index contributed by atoms with van der Waals surface area (Å²) in [4.78, 5) is 20.7. The van der Waals surface area contributed by atoms with Gasteiger partial charge in [-0.3, -0.25) is 9.78 Å². The minimum Gasteiger partial charge on any atom is -0.417 e. The van der Waals surface area contributed by atoms with Gasteiger partial charge in [0.15, 0.2) is 0 Å². The molecule has 2 heterocycles. The number of nitrogens with one attached hydrogen (secondary N) is 1. The van der Waals surface area contributed by atoms with Crippen molar-refractivity contribution in [2.45, 2.75) is 6.54 Å². The molecule has 132 valence electrons. The zero-order valence-electron chi connectivity index (χ0n) is 14.2. The van der Waals surface area contributed by atoms with Crippen LogP contribution in [0.2, 0.25) is 0 Å². The summed E-state index contributed by atoms with van der Waals surface area (Å²) >= 11 is 0. The fourth-order valence-electron chi connectivity index (χ4n) is 2.64. The molecule has 0 radical (unpaired) electrons. The lowest BCUT2D eigenvalue weighted by atomic mass is 9.99. The van der Waals surface area contributed by atoms with Crippen LogP contribution in [-0.4, -0.2) is 26.1 Å². The minimum atomic E-state index is -0.214. The minimum absolute atomic E-state index is 0.120. The van der Waals surface area contributed by atoms with E-state index < -0.39 is 0 Å². The van der Waals surface area contributed by atoms with Gasteiger partial charge in [0.2, 0.25) is 5.89 Å². The van der Waals surface area contributed by atoms with Gasteiger partial charge in [0.25, 0.3) is 11.8 Å². The van der Waals surface area contributed by atoms with Crippen LogP contribution < -0.4 is 5.32 Å². The zero-order valence-corrected chi connectivity index (χ0v) is 14.2. The molecule has 0 aliphatic rings. The first-order valence-corrected chi connectivity index (χ1v) is 8.32. The first-order chi connectivity index (χ1) is 13.3. The smallest absolute Gasteiger partial charge is 0.267 e. The maximum atomic E-state index is 12.7. The van der Waals surface area contributed by atoms with Gasteiger partial charge in [-0.25, -0.2) is 4.98 Å². The summed E-state index contributed by atoms with van der Waals surface area (Å²) in [6, 6.07) is 17.2. The van der Waals surface area contributed by atoms with Crippen LogP contribution in [0.3, 0.4) is 0 Å². The molecule has 0 spiro atoms. The molecule has 7 nitrogen and oxygen atoms in total. The number of amides is 1. The highest BCUT2D eigenvalue weighted by atomic mass is 16.4. The molecule has 0 bridgehead atoms. The van der Waals surface area contributed by atoms with Gasteiger partial charge in [0, 0.05) is 18.0 Å². The topological polar surface area (TPSA) is 93.8 Å². The Morgan fingerprint density at radius 2 is 1.78 bits per heavy atom. The molecule has 0 saturated heterocycles. The second kappa shape index (κ2) is 7.57. The molecular formula is C20H15N5O2. The van der Waals surface area contributed by atoms with E-state index in [9.17, 15) is 4.79 Å². The summed E-state index contributed by atoms with van der Waals surface area (Å²) in [6.45, 7) is 0.120. The van der Waals surface area contributed by atoms with Gasteiger partial charge in [-0.1, -0.05) is 48.5 Å². The molecule has 2 aromatic carbocycles. The second-order valence-corrected chi connectivity index (χ2v) is 5.69. The van der Waals surface area contributed by atoms with Crippen molar-refractivity contribution >= 4 is 5.91 Å². The fourth-order valence-corrected chi connectivity index (χ4v) is 2.64. The Labute approximate surface area is 155 Å². The van der Waals surface area contributed by atoms with Crippen LogP contribution in [0.15, 0.2) is 77.6 Å². The summed E-state index contributed by atoms with van der Waals surface area (Å²) < 4.78 is 5.53. The van der Waals surface area contributed by atoms with Crippen LogP contribution in [0.4, 0.5) is 0 Å². The van der Waals surface area contributed by atoms with Crippen molar-refractivity contribution in [3.63, 3.8) is 0 Å². The van der Waals surface area contributed by atoms with Crippen LogP contribution in [0.25, 0.3) is 22.7 Å². The quantitative estimate of drug-likeness (QED) is 0.590. The fraction of sp³-hybridized carbons (Fsp3) is 0.0500. The third-order valence-corrected chi connectivity index (χ3v) is 3.91. The third kappa shape index (κ3) is 3.72. The van der Waals surface area contributed by atoms with Crippen LogP contribution in [0.5, 0.6) is 0 Å². The summed E-state index contributed by atoms with van der Waals surface area (Å²) in [7, 11) is 0. The second-order valence-electron chi connectivity index (χ2n) is 5.69. The molecule has 7 heteroatoms. The van der Waals surface area contributed by atoms with E-state index in [2.05, 4.69) is 25.5 Å². The van der Waals surface area contributed by atoms with Gasteiger partial charge in [-0.15, -0.1) is 10.2 Å². The molecule has 27 heavy (non-hydrogen) atoms. The molecule has 0 fully saturated rings. The first kappa shape index (κ1) is 16.6. The van der Waals surface area contributed by atoms with E-state index >= 15 is 0 Å². The Morgan fingerprint density at radius 3 is 2.59 bits per heavy atom. The van der Waals surface area contributed by atoms with Crippen molar-refractivity contribution in [3.8, 4) is 22.7 Å². The maximum absolute atomic E-state index is 12.7. The van der Waals surface area contributed by atoms with Crippen LogP contribution in [0.1, 0.15) is 16.2 Å². The van der Waals surface area contributed by atoms with Gasteiger partial charge in [0.1, 0.15) is 5.69 Å². The summed E-state index contributed by atoms with van der Waals surface area (Å²) in [6.07, 6.45) is 4.64.